The summed E-state index contributed by atoms with van der Waals surface area (Å²) >= 11 is 1.45. The summed E-state index contributed by atoms with van der Waals surface area (Å²) in [6, 6.07) is 0. The van der Waals surface area contributed by atoms with Crippen molar-refractivity contribution in [3.8, 4) is 6.19 Å². The van der Waals surface area contributed by atoms with E-state index in [0.29, 0.717) is 0 Å². The molecule has 0 spiro atoms. The standard InChI is InChI=1S/C6H11.CH2N2.Na/c1-2-4-6-5-3-1;2-1-3;/h1H,2-6H2;2H2;. The summed E-state index contributed by atoms with van der Waals surface area (Å²) in [5.74, 6) is 0. The Morgan fingerprint density at radius 3 is 1.90 bits per heavy atom. The van der Waals surface area contributed by atoms with Gasteiger partial charge in [0.15, 0.2) is 6.19 Å². The fraction of sp³-hybridized carbons (Fsp3) is 0.857. The maximum absolute atomic E-state index is 7.10. The molecule has 2 nitrogen and oxygen atoms in total. The van der Waals surface area contributed by atoms with Crippen LogP contribution in [0.1, 0.15) is 32.1 Å². The van der Waals surface area contributed by atoms with Crippen LogP contribution in [0.2, 0.25) is 3.17 Å². The minimum atomic E-state index is 1.17. The van der Waals surface area contributed by atoms with Crippen LogP contribution in [0.25, 0.3) is 0 Å². The molecule has 0 bridgehead atoms. The average molecular weight is 148 g/mol. The molecule has 1 aliphatic rings. The van der Waals surface area contributed by atoms with Gasteiger partial charge < -0.3 is 5.73 Å². The molecule has 1 aliphatic carbocycles. The molecule has 0 atom stereocenters. The Bertz CT molecular complexity index is 103. The summed E-state index contributed by atoms with van der Waals surface area (Å²) in [5.41, 5.74) is 4.15. The first kappa shape index (κ1) is 10.3. The molecule has 1 fully saturated rings. The van der Waals surface area contributed by atoms with Crippen LogP contribution in [-0.2, 0) is 0 Å². The molecule has 0 saturated heterocycles. The number of hydrogen-bond donors (Lipinski definition) is 1. The van der Waals surface area contributed by atoms with E-state index >= 15 is 0 Å². The topological polar surface area (TPSA) is 49.8 Å². The zero-order chi connectivity index (χ0) is 7.82. The molecule has 0 amide bonds. The van der Waals surface area contributed by atoms with Crippen LogP contribution in [0.5, 0.6) is 0 Å². The third-order valence-corrected chi connectivity index (χ3v) is 3.05. The molecule has 2 N–H and O–H groups in total. The van der Waals surface area contributed by atoms with Crippen molar-refractivity contribution in [1.82, 2.24) is 0 Å². The molecular formula is C7H13N2Na. The molecule has 0 heterocycles. The molecule has 0 radical (unpaired) electrons. The van der Waals surface area contributed by atoms with Gasteiger partial charge in [0, 0.05) is 0 Å². The quantitative estimate of drug-likeness (QED) is 0.320. The molecule has 0 aromatic rings. The summed E-state index contributed by atoms with van der Waals surface area (Å²) in [6.45, 7) is 0. The number of hydrogen-bond acceptors (Lipinski definition) is 2. The fourth-order valence-electron chi connectivity index (χ4n) is 1.31. The first-order valence-electron chi connectivity index (χ1n) is 3.91. The number of rotatable bonds is 0. The molecule has 52 valence electrons. The number of nitriles is 1. The Morgan fingerprint density at radius 1 is 1.30 bits per heavy atom. The van der Waals surface area contributed by atoms with Crippen LogP contribution in [0.3, 0.4) is 0 Å². The summed E-state index contributed by atoms with van der Waals surface area (Å²) in [6.07, 6.45) is 8.90. The second-order valence-corrected chi connectivity index (χ2v) is 4.51. The Hall–Kier alpha value is 0.290. The van der Waals surface area contributed by atoms with Gasteiger partial charge in [0.2, 0.25) is 0 Å². The van der Waals surface area contributed by atoms with Gasteiger partial charge in [0.25, 0.3) is 0 Å². The SMILES string of the molecule is N#CN.[Na][CH]1CCCCC1. The first-order valence-corrected chi connectivity index (χ1v) is 5.06. The van der Waals surface area contributed by atoms with E-state index in [1.165, 1.54) is 56.6 Å². The predicted octanol–water partition coefficient (Wildman–Crippen LogP) is 1.33. The second-order valence-electron chi connectivity index (χ2n) is 2.87. The molecule has 0 aromatic heterocycles. The van der Waals surface area contributed by atoms with E-state index in [2.05, 4.69) is 5.73 Å². The molecule has 1 rings (SSSR count). The van der Waals surface area contributed by atoms with E-state index in [0.717, 1.165) is 0 Å². The molecule has 0 aromatic carbocycles. The van der Waals surface area contributed by atoms with Crippen molar-refractivity contribution >= 4 is 27.9 Å². The van der Waals surface area contributed by atoms with Gasteiger partial charge in [-0.05, 0) is 0 Å². The van der Waals surface area contributed by atoms with Gasteiger partial charge in [-0.15, -0.1) is 0 Å². The normalized spacial score (nSPS) is 18.5. The van der Waals surface area contributed by atoms with E-state index in [1.807, 2.05) is 0 Å². The van der Waals surface area contributed by atoms with Crippen LogP contribution >= 0.6 is 0 Å². The van der Waals surface area contributed by atoms with Gasteiger partial charge >= 0.3 is 63.2 Å². The Kier molecular flexibility index (Phi) is 7.61. The van der Waals surface area contributed by atoms with Crippen LogP contribution in [-0.4, -0.2) is 27.9 Å². The van der Waals surface area contributed by atoms with Crippen LogP contribution in [0.15, 0.2) is 0 Å². The van der Waals surface area contributed by atoms with Gasteiger partial charge in [0.05, 0.1) is 0 Å². The summed E-state index contributed by atoms with van der Waals surface area (Å²) in [7, 11) is 0. The molecule has 10 heavy (non-hydrogen) atoms. The van der Waals surface area contributed by atoms with Gasteiger partial charge in [-0.1, -0.05) is 0 Å². The zero-order valence-electron chi connectivity index (χ0n) is 6.64. The third kappa shape index (κ3) is 6.41. The van der Waals surface area contributed by atoms with E-state index < -0.39 is 0 Å². The molecule has 0 unspecified atom stereocenters. The van der Waals surface area contributed by atoms with E-state index in [1.54, 1.807) is 12.8 Å². The molecule has 1 saturated carbocycles. The van der Waals surface area contributed by atoms with Gasteiger partial charge in [-0.25, -0.2) is 0 Å². The van der Waals surface area contributed by atoms with Gasteiger partial charge in [-0.3, -0.25) is 0 Å². The van der Waals surface area contributed by atoms with Crippen molar-refractivity contribution in [3.05, 3.63) is 0 Å². The van der Waals surface area contributed by atoms with E-state index in [4.69, 9.17) is 5.26 Å². The Balaban J connectivity index is 0.000000236. The average Bonchev–Trinajstić information content (AvgIpc) is 1.91. The Morgan fingerprint density at radius 2 is 1.70 bits per heavy atom. The van der Waals surface area contributed by atoms with Gasteiger partial charge in [0.1, 0.15) is 0 Å². The van der Waals surface area contributed by atoms with Crippen LogP contribution in [0, 0.1) is 11.5 Å². The molecular weight excluding hydrogens is 135 g/mol. The predicted molar refractivity (Wildman–Crippen MR) is 42.4 cm³/mol. The van der Waals surface area contributed by atoms with E-state index in [-0.39, 0.29) is 0 Å². The number of nitrogens with two attached hydrogens (primary N) is 1. The summed E-state index contributed by atoms with van der Waals surface area (Å²) in [5, 5.41) is 7.10. The van der Waals surface area contributed by atoms with Gasteiger partial charge in [-0.2, -0.15) is 5.26 Å². The van der Waals surface area contributed by atoms with E-state index in [9.17, 15) is 0 Å². The van der Waals surface area contributed by atoms with Crippen molar-refractivity contribution in [2.24, 2.45) is 5.73 Å². The first-order chi connectivity index (χ1) is 4.81. The van der Waals surface area contributed by atoms with Crippen LogP contribution in [0.4, 0.5) is 0 Å². The van der Waals surface area contributed by atoms with Crippen LogP contribution < -0.4 is 5.73 Å². The Labute approximate surface area is 80.2 Å². The maximum atomic E-state index is 7.10. The third-order valence-electron chi connectivity index (χ3n) is 1.89. The molecule has 3 heteroatoms. The van der Waals surface area contributed by atoms with Crippen molar-refractivity contribution in [1.29, 1.82) is 5.26 Å². The van der Waals surface area contributed by atoms with Crippen molar-refractivity contribution in [2.75, 3.05) is 0 Å². The van der Waals surface area contributed by atoms with Crippen molar-refractivity contribution < 1.29 is 0 Å². The summed E-state index contributed by atoms with van der Waals surface area (Å²) in [4.78, 5) is 0. The van der Waals surface area contributed by atoms with Crippen molar-refractivity contribution in [3.63, 3.8) is 0 Å². The second kappa shape index (κ2) is 7.40. The minimum absolute atomic E-state index is 1.17. The number of nitrogens with zero attached hydrogens (tertiary/aromatic N) is 1. The fourth-order valence-corrected chi connectivity index (χ4v) is 2.12. The summed E-state index contributed by atoms with van der Waals surface area (Å²) < 4.78 is 1.17. The molecule has 0 aliphatic heterocycles. The monoisotopic (exact) mass is 148 g/mol. The van der Waals surface area contributed by atoms with Crippen molar-refractivity contribution in [2.45, 2.75) is 35.3 Å². The zero-order valence-corrected chi connectivity index (χ0v) is 8.64.